The van der Waals surface area contributed by atoms with Crippen molar-refractivity contribution in [3.63, 3.8) is 0 Å². The molecule has 3 rings (SSSR count). The van der Waals surface area contributed by atoms with Crippen LogP contribution in [0.15, 0.2) is 6.07 Å². The number of nitrogens with one attached hydrogen (secondary N) is 1. The summed E-state index contributed by atoms with van der Waals surface area (Å²) in [5, 5.41) is 10.2. The first-order valence-corrected chi connectivity index (χ1v) is 11.0. The molecule has 1 aliphatic heterocycles. The van der Waals surface area contributed by atoms with Crippen LogP contribution in [0.2, 0.25) is 0 Å². The van der Waals surface area contributed by atoms with Crippen LogP contribution in [0.5, 0.6) is 5.75 Å². The van der Waals surface area contributed by atoms with Crippen LogP contribution in [0.4, 0.5) is 10.1 Å². The van der Waals surface area contributed by atoms with Crippen molar-refractivity contribution in [1.29, 1.82) is 0 Å². The topological polar surface area (TPSA) is 86.7 Å². The van der Waals surface area contributed by atoms with Gasteiger partial charge < -0.3 is 5.11 Å². The van der Waals surface area contributed by atoms with Crippen molar-refractivity contribution >= 4 is 21.8 Å². The largest absolute Gasteiger partial charge is 0.506 e. The van der Waals surface area contributed by atoms with Gasteiger partial charge in [-0.1, -0.05) is 39.5 Å². The summed E-state index contributed by atoms with van der Waals surface area (Å²) in [5.41, 5.74) is 0.771. The summed E-state index contributed by atoms with van der Waals surface area (Å²) in [4.78, 5) is 11.5. The number of aromatic hydroxyl groups is 1. The number of fused-ring (bicyclic) bond motifs is 1. The number of halogens is 1. The standard InChI is InChI=1S/C19H27FN2O4S/c1-12(2)5-3-4-6-13-7-8-14-10-16(23)19(18(20)15(14)9-13)22-11-17(24)21-27(22,25)26/h10,12-13,23H,3-9,11H2,1-2H3,(H,21,24). The number of phenolic OH excluding ortho intramolecular Hbond substituents is 1. The number of aryl methyl sites for hydroxylation is 1. The van der Waals surface area contributed by atoms with Crippen LogP contribution >= 0.6 is 0 Å². The third kappa shape index (κ3) is 4.20. The SMILES string of the molecule is CC(C)CCCCC1CCc2cc(O)c(N3CC(=O)NS3(=O)=O)c(F)c2C1. The van der Waals surface area contributed by atoms with Gasteiger partial charge in [0.15, 0.2) is 5.82 Å². The monoisotopic (exact) mass is 398 g/mol. The van der Waals surface area contributed by atoms with E-state index >= 15 is 4.39 Å². The van der Waals surface area contributed by atoms with E-state index in [-0.39, 0.29) is 0 Å². The number of anilines is 1. The molecule has 2 aliphatic rings. The van der Waals surface area contributed by atoms with Gasteiger partial charge in [-0.05, 0) is 48.3 Å². The number of carbonyl (C=O) groups excluding carboxylic acids is 1. The highest BCUT2D eigenvalue weighted by Gasteiger charge is 2.39. The molecule has 0 saturated carbocycles. The molecule has 0 spiro atoms. The van der Waals surface area contributed by atoms with Crippen LogP contribution in [-0.4, -0.2) is 26.0 Å². The third-order valence-corrected chi connectivity index (χ3v) is 6.82. The van der Waals surface area contributed by atoms with Gasteiger partial charge in [0.05, 0.1) is 0 Å². The number of hydrogen-bond acceptors (Lipinski definition) is 4. The van der Waals surface area contributed by atoms with E-state index in [0.717, 1.165) is 31.2 Å². The van der Waals surface area contributed by atoms with Gasteiger partial charge in [-0.25, -0.2) is 13.4 Å². The van der Waals surface area contributed by atoms with E-state index in [1.54, 1.807) is 0 Å². The Morgan fingerprint density at radius 2 is 2.11 bits per heavy atom. The summed E-state index contributed by atoms with van der Waals surface area (Å²) < 4.78 is 41.7. The molecule has 0 radical (unpaired) electrons. The Balaban J connectivity index is 1.81. The lowest BCUT2D eigenvalue weighted by molar-refractivity contribution is -0.117. The van der Waals surface area contributed by atoms with E-state index in [4.69, 9.17) is 0 Å². The summed E-state index contributed by atoms with van der Waals surface area (Å²) in [7, 11) is -4.17. The predicted octanol–water partition coefficient (Wildman–Crippen LogP) is 3.03. The average Bonchev–Trinajstić information content (AvgIpc) is 2.84. The number of carbonyl (C=O) groups is 1. The van der Waals surface area contributed by atoms with Crippen LogP contribution in [0.1, 0.15) is 57.1 Å². The Kier molecular flexibility index (Phi) is 5.65. The van der Waals surface area contributed by atoms with Gasteiger partial charge in [0.25, 0.3) is 5.91 Å². The first-order chi connectivity index (χ1) is 12.7. The summed E-state index contributed by atoms with van der Waals surface area (Å²) in [6.45, 7) is 3.88. The first kappa shape index (κ1) is 19.9. The Bertz CT molecular complexity index is 839. The molecule has 8 heteroatoms. The van der Waals surface area contributed by atoms with E-state index < -0.39 is 39.9 Å². The minimum atomic E-state index is -4.17. The number of nitrogens with zero attached hydrogens (tertiary/aromatic N) is 1. The molecule has 6 nitrogen and oxygen atoms in total. The van der Waals surface area contributed by atoms with E-state index in [1.165, 1.54) is 12.5 Å². The van der Waals surface area contributed by atoms with E-state index in [9.17, 15) is 18.3 Å². The quantitative estimate of drug-likeness (QED) is 0.721. The molecule has 2 N–H and O–H groups in total. The maximum absolute atomic E-state index is 15.2. The predicted molar refractivity (Wildman–Crippen MR) is 101 cm³/mol. The van der Waals surface area contributed by atoms with Crippen molar-refractivity contribution < 1.29 is 22.7 Å². The van der Waals surface area contributed by atoms with Crippen LogP contribution in [0, 0.1) is 17.7 Å². The fraction of sp³-hybridized carbons (Fsp3) is 0.632. The van der Waals surface area contributed by atoms with Crippen molar-refractivity contribution in [3.05, 3.63) is 23.0 Å². The molecule has 0 aromatic heterocycles. The summed E-state index contributed by atoms with van der Waals surface area (Å²) in [6, 6.07) is 1.45. The minimum absolute atomic E-state index is 0.353. The first-order valence-electron chi connectivity index (χ1n) is 9.55. The second-order valence-electron chi connectivity index (χ2n) is 8.02. The molecule has 1 aromatic carbocycles. The van der Waals surface area contributed by atoms with Gasteiger partial charge in [0, 0.05) is 0 Å². The number of rotatable bonds is 6. The maximum Gasteiger partial charge on any atom is 0.326 e. The van der Waals surface area contributed by atoms with Crippen LogP contribution < -0.4 is 9.03 Å². The molecule has 1 aliphatic carbocycles. The lowest BCUT2D eigenvalue weighted by atomic mass is 9.80. The maximum atomic E-state index is 15.2. The van der Waals surface area contributed by atoms with E-state index in [2.05, 4.69) is 13.8 Å². The van der Waals surface area contributed by atoms with Gasteiger partial charge in [-0.3, -0.25) is 4.79 Å². The second kappa shape index (κ2) is 7.66. The molecule has 1 atom stereocenters. The second-order valence-corrected chi connectivity index (χ2v) is 9.62. The molecule has 0 bridgehead atoms. The number of hydrogen-bond donors (Lipinski definition) is 2. The fourth-order valence-electron chi connectivity index (χ4n) is 4.03. The van der Waals surface area contributed by atoms with Gasteiger partial charge in [0.1, 0.15) is 18.0 Å². The molecule has 1 amide bonds. The zero-order chi connectivity index (χ0) is 19.8. The van der Waals surface area contributed by atoms with Gasteiger partial charge in [0.2, 0.25) is 0 Å². The number of amides is 1. The zero-order valence-corrected chi connectivity index (χ0v) is 16.6. The molecule has 1 saturated heterocycles. The summed E-state index contributed by atoms with van der Waals surface area (Å²) >= 11 is 0. The normalized spacial score (nSPS) is 21.4. The van der Waals surface area contributed by atoms with Gasteiger partial charge in [-0.2, -0.15) is 8.42 Å². The van der Waals surface area contributed by atoms with Crippen LogP contribution in [0.3, 0.4) is 0 Å². The van der Waals surface area contributed by atoms with Crippen molar-refractivity contribution in [2.75, 3.05) is 10.8 Å². The highest BCUT2D eigenvalue weighted by atomic mass is 32.2. The third-order valence-electron chi connectivity index (χ3n) is 5.44. The van der Waals surface area contributed by atoms with Crippen molar-refractivity contribution in [1.82, 2.24) is 4.72 Å². The lowest BCUT2D eigenvalue weighted by Gasteiger charge is -2.28. The molecular weight excluding hydrogens is 371 g/mol. The summed E-state index contributed by atoms with van der Waals surface area (Å²) in [5.74, 6) is -0.876. The number of benzene rings is 1. The minimum Gasteiger partial charge on any atom is -0.506 e. The average molecular weight is 399 g/mol. The molecule has 1 heterocycles. The zero-order valence-electron chi connectivity index (χ0n) is 15.8. The van der Waals surface area contributed by atoms with E-state index in [0.29, 0.717) is 34.5 Å². The smallest absolute Gasteiger partial charge is 0.326 e. The van der Waals surface area contributed by atoms with Crippen molar-refractivity contribution in [2.45, 2.75) is 58.8 Å². The number of unbranched alkanes of at least 4 members (excludes halogenated alkanes) is 1. The van der Waals surface area contributed by atoms with Crippen molar-refractivity contribution in [3.8, 4) is 5.75 Å². The van der Waals surface area contributed by atoms with E-state index in [1.807, 2.05) is 4.72 Å². The lowest BCUT2D eigenvalue weighted by Crippen LogP contribution is -2.31. The molecule has 27 heavy (non-hydrogen) atoms. The van der Waals surface area contributed by atoms with Crippen molar-refractivity contribution in [2.24, 2.45) is 11.8 Å². The summed E-state index contributed by atoms with van der Waals surface area (Å²) in [6.07, 6.45) is 6.60. The molecule has 150 valence electrons. The van der Waals surface area contributed by atoms with Gasteiger partial charge >= 0.3 is 10.2 Å². The highest BCUT2D eigenvalue weighted by Crippen LogP contribution is 2.41. The number of phenols is 1. The van der Waals surface area contributed by atoms with Crippen LogP contribution in [-0.2, 0) is 27.8 Å². The molecule has 1 aromatic rings. The fourth-order valence-corrected chi connectivity index (χ4v) is 5.19. The Labute approximate surface area is 159 Å². The Morgan fingerprint density at radius 3 is 2.74 bits per heavy atom. The highest BCUT2D eigenvalue weighted by molar-refractivity contribution is 7.92. The Hall–Kier alpha value is -1.83. The van der Waals surface area contributed by atoms with Crippen LogP contribution in [0.25, 0.3) is 0 Å². The van der Waals surface area contributed by atoms with Gasteiger partial charge in [-0.15, -0.1) is 0 Å². The molecular formula is C19H27FN2O4S. The Morgan fingerprint density at radius 1 is 1.37 bits per heavy atom. The molecule has 1 unspecified atom stereocenters. The molecule has 1 fully saturated rings.